The Bertz CT molecular complexity index is 840. The van der Waals surface area contributed by atoms with Crippen molar-refractivity contribution in [2.45, 2.75) is 57.8 Å². The predicted octanol–water partition coefficient (Wildman–Crippen LogP) is 3.38. The lowest BCUT2D eigenvalue weighted by molar-refractivity contribution is -0.117. The van der Waals surface area contributed by atoms with Gasteiger partial charge in [-0.2, -0.15) is 4.31 Å². The number of nitrogens with one attached hydrogen (secondary N) is 1. The first-order chi connectivity index (χ1) is 14.9. The number of benzene rings is 1. The maximum Gasteiger partial charge on any atom is 0.243 e. The third kappa shape index (κ3) is 5.79. The van der Waals surface area contributed by atoms with Crippen molar-refractivity contribution in [3.8, 4) is 0 Å². The van der Waals surface area contributed by atoms with Crippen LogP contribution in [0.4, 0.5) is 11.4 Å². The molecule has 0 spiro atoms. The molecule has 0 bridgehead atoms. The number of hydrogen-bond donors (Lipinski definition) is 1. The van der Waals surface area contributed by atoms with E-state index in [4.69, 9.17) is 0 Å². The van der Waals surface area contributed by atoms with Crippen LogP contribution < -0.4 is 10.2 Å². The lowest BCUT2D eigenvalue weighted by Crippen LogP contribution is -2.46. The molecule has 2 fully saturated rings. The van der Waals surface area contributed by atoms with Gasteiger partial charge >= 0.3 is 0 Å². The van der Waals surface area contributed by atoms with Gasteiger partial charge in [-0.25, -0.2) is 8.42 Å². The van der Waals surface area contributed by atoms with E-state index >= 15 is 0 Å². The Kier molecular flexibility index (Phi) is 8.36. The monoisotopic (exact) mass is 450 g/mol. The number of piperazine rings is 1. The summed E-state index contributed by atoms with van der Waals surface area (Å²) in [5.41, 5.74) is 1.52. The van der Waals surface area contributed by atoms with E-state index in [2.05, 4.69) is 22.0 Å². The van der Waals surface area contributed by atoms with Crippen molar-refractivity contribution < 1.29 is 13.2 Å². The molecule has 1 aliphatic carbocycles. The molecule has 174 valence electrons. The van der Waals surface area contributed by atoms with Crippen LogP contribution in [0.3, 0.4) is 0 Å². The van der Waals surface area contributed by atoms with Gasteiger partial charge < -0.3 is 15.1 Å². The third-order valence-corrected chi connectivity index (χ3v) is 8.74. The van der Waals surface area contributed by atoms with Crippen LogP contribution in [0.1, 0.15) is 52.9 Å². The molecular weight excluding hydrogens is 412 g/mol. The molecule has 0 unspecified atom stereocenters. The first-order valence-corrected chi connectivity index (χ1v) is 13.2. The number of amides is 1. The maximum atomic E-state index is 13.1. The van der Waals surface area contributed by atoms with E-state index < -0.39 is 10.0 Å². The number of rotatable bonds is 9. The molecule has 3 rings (SSSR count). The molecule has 1 amide bonds. The van der Waals surface area contributed by atoms with Crippen molar-refractivity contribution in [2.75, 3.05) is 56.0 Å². The third-order valence-electron chi connectivity index (χ3n) is 6.69. The minimum absolute atomic E-state index is 0.0160. The zero-order valence-corrected chi connectivity index (χ0v) is 20.1. The average Bonchev–Trinajstić information content (AvgIpc) is 3.27. The fourth-order valence-electron chi connectivity index (χ4n) is 4.75. The normalized spacial score (nSPS) is 18.6. The standard InChI is InChI=1S/C23H38N4O3S/c1-4-25-13-15-26(16-14-25)22-12-11-20(31(29,30)27(5-2)6-3)18-21(22)24-23(28)17-19-9-7-8-10-19/h11-12,18-19H,4-10,13-17H2,1-3H3,(H,24,28). The SMILES string of the molecule is CCN1CCN(c2ccc(S(=O)(=O)N(CC)CC)cc2NC(=O)CC2CCCC2)CC1. The highest BCUT2D eigenvalue weighted by Gasteiger charge is 2.26. The van der Waals surface area contributed by atoms with Gasteiger partial charge in [-0.1, -0.05) is 33.6 Å². The van der Waals surface area contributed by atoms with Gasteiger partial charge in [-0.05, 0) is 43.5 Å². The first-order valence-electron chi connectivity index (χ1n) is 11.8. The predicted molar refractivity (Wildman–Crippen MR) is 126 cm³/mol. The second kappa shape index (κ2) is 10.8. The average molecular weight is 451 g/mol. The first kappa shape index (κ1) is 24.0. The summed E-state index contributed by atoms with van der Waals surface area (Å²) in [4.78, 5) is 17.7. The number of anilines is 2. The minimum atomic E-state index is -3.59. The Balaban J connectivity index is 1.87. The lowest BCUT2D eigenvalue weighted by atomic mass is 10.0. The minimum Gasteiger partial charge on any atom is -0.367 e. The molecule has 0 aromatic heterocycles. The molecule has 1 N–H and O–H groups in total. The molecule has 8 heteroatoms. The fourth-order valence-corrected chi connectivity index (χ4v) is 6.23. The maximum absolute atomic E-state index is 13.1. The van der Waals surface area contributed by atoms with Crippen molar-refractivity contribution in [2.24, 2.45) is 5.92 Å². The van der Waals surface area contributed by atoms with Gasteiger partial charge in [0.25, 0.3) is 0 Å². The van der Waals surface area contributed by atoms with E-state index in [0.29, 0.717) is 31.1 Å². The topological polar surface area (TPSA) is 73.0 Å². The molecule has 1 aliphatic heterocycles. The van der Waals surface area contributed by atoms with Crippen LogP contribution in [0.2, 0.25) is 0 Å². The molecule has 2 aliphatic rings. The van der Waals surface area contributed by atoms with Crippen molar-refractivity contribution in [3.05, 3.63) is 18.2 Å². The quantitative estimate of drug-likeness (QED) is 0.624. The summed E-state index contributed by atoms with van der Waals surface area (Å²) < 4.78 is 27.6. The van der Waals surface area contributed by atoms with E-state index in [-0.39, 0.29) is 10.8 Å². The molecule has 1 heterocycles. The highest BCUT2D eigenvalue weighted by molar-refractivity contribution is 7.89. The molecule has 0 atom stereocenters. The molecule has 0 radical (unpaired) electrons. The Morgan fingerprint density at radius 1 is 1.06 bits per heavy atom. The lowest BCUT2D eigenvalue weighted by Gasteiger charge is -2.36. The molecule has 31 heavy (non-hydrogen) atoms. The number of nitrogens with zero attached hydrogens (tertiary/aromatic N) is 3. The van der Waals surface area contributed by atoms with Crippen LogP contribution in [0.5, 0.6) is 0 Å². The molecular formula is C23H38N4O3S. The smallest absolute Gasteiger partial charge is 0.243 e. The van der Waals surface area contributed by atoms with Crippen molar-refractivity contribution in [1.82, 2.24) is 9.21 Å². The molecule has 1 aromatic carbocycles. The molecule has 1 saturated carbocycles. The zero-order valence-electron chi connectivity index (χ0n) is 19.3. The zero-order chi connectivity index (χ0) is 22.4. The Labute approximate surface area is 187 Å². The highest BCUT2D eigenvalue weighted by atomic mass is 32.2. The summed E-state index contributed by atoms with van der Waals surface area (Å²) >= 11 is 0. The molecule has 1 saturated heterocycles. The Hall–Kier alpha value is -1.64. The summed E-state index contributed by atoms with van der Waals surface area (Å²) in [5.74, 6) is 0.428. The van der Waals surface area contributed by atoms with E-state index in [9.17, 15) is 13.2 Å². The van der Waals surface area contributed by atoms with Crippen LogP contribution in [-0.4, -0.2) is 69.3 Å². The summed E-state index contributed by atoms with van der Waals surface area (Å²) in [6.07, 6.45) is 5.12. The van der Waals surface area contributed by atoms with Gasteiger partial charge in [0.2, 0.25) is 15.9 Å². The summed E-state index contributed by atoms with van der Waals surface area (Å²) in [6.45, 7) is 11.4. The van der Waals surface area contributed by atoms with E-state index in [0.717, 1.165) is 51.3 Å². The number of carbonyl (C=O) groups excluding carboxylic acids is 1. The van der Waals surface area contributed by atoms with Gasteiger partial charge in [-0.3, -0.25) is 4.79 Å². The van der Waals surface area contributed by atoms with Crippen molar-refractivity contribution in [1.29, 1.82) is 0 Å². The van der Waals surface area contributed by atoms with E-state index in [1.165, 1.54) is 17.1 Å². The van der Waals surface area contributed by atoms with E-state index in [1.54, 1.807) is 12.1 Å². The van der Waals surface area contributed by atoms with Crippen LogP contribution in [0.25, 0.3) is 0 Å². The second-order valence-electron chi connectivity index (χ2n) is 8.59. The van der Waals surface area contributed by atoms with Gasteiger partial charge in [0.1, 0.15) is 0 Å². The highest BCUT2D eigenvalue weighted by Crippen LogP contribution is 2.32. The summed E-state index contributed by atoms with van der Waals surface area (Å²) in [5, 5.41) is 3.07. The largest absolute Gasteiger partial charge is 0.367 e. The van der Waals surface area contributed by atoms with Crippen LogP contribution >= 0.6 is 0 Å². The number of hydrogen-bond acceptors (Lipinski definition) is 5. The van der Waals surface area contributed by atoms with Crippen molar-refractivity contribution in [3.63, 3.8) is 0 Å². The number of sulfonamides is 1. The van der Waals surface area contributed by atoms with Gasteiger partial charge in [-0.15, -0.1) is 0 Å². The summed E-state index contributed by atoms with van der Waals surface area (Å²) in [7, 11) is -3.59. The Morgan fingerprint density at radius 2 is 1.71 bits per heavy atom. The van der Waals surface area contributed by atoms with Gasteiger partial charge in [0.15, 0.2) is 0 Å². The van der Waals surface area contributed by atoms with Crippen molar-refractivity contribution >= 4 is 27.3 Å². The summed E-state index contributed by atoms with van der Waals surface area (Å²) in [6, 6.07) is 5.20. The van der Waals surface area contributed by atoms with Crippen LogP contribution in [-0.2, 0) is 14.8 Å². The number of carbonyl (C=O) groups is 1. The molecule has 7 nitrogen and oxygen atoms in total. The fraction of sp³-hybridized carbons (Fsp3) is 0.696. The van der Waals surface area contributed by atoms with Gasteiger partial charge in [0, 0.05) is 45.7 Å². The number of likely N-dealkylation sites (N-methyl/N-ethyl adjacent to an activating group) is 1. The van der Waals surface area contributed by atoms with E-state index in [1.807, 2.05) is 19.9 Å². The second-order valence-corrected chi connectivity index (χ2v) is 10.5. The van der Waals surface area contributed by atoms with Crippen LogP contribution in [0, 0.1) is 5.92 Å². The Morgan fingerprint density at radius 3 is 2.29 bits per heavy atom. The molecule has 1 aromatic rings. The van der Waals surface area contributed by atoms with Gasteiger partial charge in [0.05, 0.1) is 16.3 Å². The van der Waals surface area contributed by atoms with Crippen LogP contribution in [0.15, 0.2) is 23.1 Å².